The van der Waals surface area contributed by atoms with Gasteiger partial charge in [0, 0.05) is 34.8 Å². The number of hydrogen-bond donors (Lipinski definition) is 2. The third kappa shape index (κ3) is 5.30. The van der Waals surface area contributed by atoms with Crippen molar-refractivity contribution < 1.29 is 17.9 Å². The predicted molar refractivity (Wildman–Crippen MR) is 126 cm³/mol. The van der Waals surface area contributed by atoms with Crippen molar-refractivity contribution in [3.63, 3.8) is 0 Å². The molecule has 0 saturated carbocycles. The first-order chi connectivity index (χ1) is 14.8. The number of benzene rings is 2. The topological polar surface area (TPSA) is 140 Å². The van der Waals surface area contributed by atoms with Crippen LogP contribution in [0.3, 0.4) is 0 Å². The number of nitro groups is 1. The molecule has 0 saturated heterocycles. The highest BCUT2D eigenvalue weighted by Crippen LogP contribution is 2.29. The molecule has 4 rings (SSSR count). The van der Waals surface area contributed by atoms with Crippen molar-refractivity contribution in [2.75, 3.05) is 10.0 Å². The normalized spacial score (nSPS) is 10.9. The molecule has 166 valence electrons. The van der Waals surface area contributed by atoms with Crippen molar-refractivity contribution in [3.05, 3.63) is 75.9 Å². The average molecular weight is 538 g/mol. The van der Waals surface area contributed by atoms with E-state index in [1.807, 2.05) is 0 Å². The lowest BCUT2D eigenvalue weighted by Crippen LogP contribution is -2.13. The number of anilines is 3. The zero-order valence-electron chi connectivity index (χ0n) is 16.4. The first-order valence-electron chi connectivity index (χ1n) is 8.84. The van der Waals surface area contributed by atoms with Gasteiger partial charge >= 0.3 is 0 Å². The fourth-order valence-electron chi connectivity index (χ4n) is 2.69. The third-order valence-electron chi connectivity index (χ3n) is 4.14. The van der Waals surface area contributed by atoms with Gasteiger partial charge in [0.1, 0.15) is 5.76 Å². The van der Waals surface area contributed by atoms with Crippen molar-refractivity contribution in [3.8, 4) is 11.3 Å². The molecule has 0 unspecified atom stereocenters. The number of nitrogens with one attached hydrogen (secondary N) is 2. The Bertz CT molecular complexity index is 1350. The molecule has 0 amide bonds. The van der Waals surface area contributed by atoms with E-state index < -0.39 is 14.9 Å². The van der Waals surface area contributed by atoms with Crippen LogP contribution in [0.15, 0.2) is 69.4 Å². The molecule has 2 aromatic carbocycles. The fourth-order valence-corrected chi connectivity index (χ4v) is 4.42. The lowest BCUT2D eigenvalue weighted by Gasteiger charge is -2.07. The number of nitro benzene ring substituents is 1. The van der Waals surface area contributed by atoms with Crippen molar-refractivity contribution in [2.24, 2.45) is 0 Å². The smallest absolute Gasteiger partial charge is 0.270 e. The summed E-state index contributed by atoms with van der Waals surface area (Å²) in [6.07, 6.45) is 0. The van der Waals surface area contributed by atoms with E-state index in [1.165, 1.54) is 41.7 Å². The number of hydrogen-bond acceptors (Lipinski definition) is 9. The second-order valence-corrected chi connectivity index (χ2v) is 8.96. The Morgan fingerprint density at radius 3 is 2.53 bits per heavy atom. The number of aromatic nitrogens is 2. The molecule has 0 atom stereocenters. The molecule has 0 aliphatic rings. The van der Waals surface area contributed by atoms with E-state index in [0.717, 1.165) is 0 Å². The Kier molecular flexibility index (Phi) is 6.91. The van der Waals surface area contributed by atoms with Crippen LogP contribution >= 0.6 is 28.3 Å². The molecule has 0 spiro atoms. The number of aryl methyl sites for hydroxylation is 1. The minimum atomic E-state index is -3.80. The lowest BCUT2D eigenvalue weighted by atomic mass is 10.1. The van der Waals surface area contributed by atoms with Crippen LogP contribution in [0.5, 0.6) is 0 Å². The maximum absolute atomic E-state index is 12.4. The van der Waals surface area contributed by atoms with Crippen molar-refractivity contribution in [1.29, 1.82) is 0 Å². The number of nitrogens with zero attached hydrogens (tertiary/aromatic N) is 3. The maximum Gasteiger partial charge on any atom is 0.270 e. The van der Waals surface area contributed by atoms with Gasteiger partial charge in [0.25, 0.3) is 15.7 Å². The zero-order chi connectivity index (χ0) is 22.0. The second kappa shape index (κ2) is 9.46. The molecule has 2 aromatic heterocycles. The molecular weight excluding hydrogens is 522 g/mol. The molecule has 0 fully saturated rings. The van der Waals surface area contributed by atoms with Gasteiger partial charge in [-0.2, -0.15) is 0 Å². The highest BCUT2D eigenvalue weighted by molar-refractivity contribution is 8.93. The highest BCUT2D eigenvalue weighted by atomic mass is 79.9. The van der Waals surface area contributed by atoms with Gasteiger partial charge in [-0.1, -0.05) is 17.3 Å². The van der Waals surface area contributed by atoms with Crippen LogP contribution in [0.4, 0.5) is 22.3 Å². The second-order valence-electron chi connectivity index (χ2n) is 6.42. The van der Waals surface area contributed by atoms with Crippen LogP contribution in [0.2, 0.25) is 0 Å². The third-order valence-corrected chi connectivity index (χ3v) is 6.27. The van der Waals surface area contributed by atoms with Crippen LogP contribution in [-0.4, -0.2) is 23.5 Å². The molecule has 2 heterocycles. The van der Waals surface area contributed by atoms with Gasteiger partial charge in [-0.3, -0.25) is 14.8 Å². The maximum atomic E-state index is 12.4. The fraction of sp³-hybridized carbons (Fsp3) is 0.0526. The molecule has 32 heavy (non-hydrogen) atoms. The summed E-state index contributed by atoms with van der Waals surface area (Å²) in [4.78, 5) is 15.0. The monoisotopic (exact) mass is 537 g/mol. The minimum Gasteiger partial charge on any atom is -0.360 e. The van der Waals surface area contributed by atoms with Gasteiger partial charge in [0.05, 0.1) is 15.5 Å². The summed E-state index contributed by atoms with van der Waals surface area (Å²) in [6, 6.07) is 13.8. The molecule has 0 radical (unpaired) electrons. The Labute approximate surface area is 197 Å². The largest absolute Gasteiger partial charge is 0.360 e. The van der Waals surface area contributed by atoms with Crippen LogP contribution in [0.25, 0.3) is 11.3 Å². The number of non-ortho nitro benzene ring substituents is 1. The standard InChI is InChI=1S/C19H15N5O5S2.BrH/c1-12-9-18(22-29-12)23-31(27,28)16-7-5-14(6-8-16)20-19-21-17(11-30-19)13-3-2-4-15(10-13)24(25)26;/h2-11H,1H3,(H,20,21)(H,22,23);1H. The predicted octanol–water partition coefficient (Wildman–Crippen LogP) is 5.14. The molecule has 0 bridgehead atoms. The van der Waals surface area contributed by atoms with Gasteiger partial charge in [-0.15, -0.1) is 28.3 Å². The summed E-state index contributed by atoms with van der Waals surface area (Å²) in [6.45, 7) is 1.66. The molecule has 2 N–H and O–H groups in total. The van der Waals surface area contributed by atoms with E-state index in [4.69, 9.17) is 4.52 Å². The van der Waals surface area contributed by atoms with E-state index in [2.05, 4.69) is 20.2 Å². The number of rotatable bonds is 7. The molecule has 0 aliphatic heterocycles. The van der Waals surface area contributed by atoms with Crippen molar-refractivity contribution in [1.82, 2.24) is 10.1 Å². The van der Waals surface area contributed by atoms with Crippen LogP contribution in [0.1, 0.15) is 5.76 Å². The van der Waals surface area contributed by atoms with E-state index in [-0.39, 0.29) is 33.4 Å². The Hall–Kier alpha value is -3.29. The van der Waals surface area contributed by atoms with E-state index in [9.17, 15) is 18.5 Å². The zero-order valence-corrected chi connectivity index (χ0v) is 19.7. The van der Waals surface area contributed by atoms with Gasteiger partial charge in [0.2, 0.25) is 0 Å². The summed E-state index contributed by atoms with van der Waals surface area (Å²) in [5.41, 5.74) is 1.86. The Balaban J connectivity index is 0.00000289. The average Bonchev–Trinajstić information content (AvgIpc) is 3.37. The molecule has 10 nitrogen and oxygen atoms in total. The van der Waals surface area contributed by atoms with Crippen LogP contribution < -0.4 is 10.0 Å². The minimum absolute atomic E-state index is 0. The Morgan fingerprint density at radius 2 is 1.88 bits per heavy atom. The first-order valence-corrected chi connectivity index (χ1v) is 11.2. The SMILES string of the molecule is Br.Cc1cc(NS(=O)(=O)c2ccc(Nc3nc(-c4cccc([N+](=O)[O-])c4)cs3)cc2)no1. The Morgan fingerprint density at radius 1 is 1.12 bits per heavy atom. The highest BCUT2D eigenvalue weighted by Gasteiger charge is 2.16. The summed E-state index contributed by atoms with van der Waals surface area (Å²) >= 11 is 1.33. The van der Waals surface area contributed by atoms with Gasteiger partial charge in [-0.25, -0.2) is 13.4 Å². The van der Waals surface area contributed by atoms with Gasteiger partial charge in [-0.05, 0) is 31.2 Å². The van der Waals surface area contributed by atoms with Crippen LogP contribution in [0, 0.1) is 17.0 Å². The first kappa shape index (κ1) is 23.4. The van der Waals surface area contributed by atoms with Gasteiger partial charge < -0.3 is 9.84 Å². The number of thiazole rings is 1. The summed E-state index contributed by atoms with van der Waals surface area (Å²) < 4.78 is 32.1. The number of sulfonamides is 1. The van der Waals surface area contributed by atoms with E-state index >= 15 is 0 Å². The molecule has 13 heteroatoms. The van der Waals surface area contributed by atoms with Crippen molar-refractivity contribution >= 4 is 60.7 Å². The number of halogens is 1. The van der Waals surface area contributed by atoms with Crippen LogP contribution in [-0.2, 0) is 10.0 Å². The van der Waals surface area contributed by atoms with E-state index in [0.29, 0.717) is 27.8 Å². The molecule has 4 aromatic rings. The van der Waals surface area contributed by atoms with E-state index in [1.54, 1.807) is 36.6 Å². The quantitative estimate of drug-likeness (QED) is 0.244. The summed E-state index contributed by atoms with van der Waals surface area (Å²) in [5.74, 6) is 0.598. The molecular formula is C19H16BrN5O5S2. The van der Waals surface area contributed by atoms with Gasteiger partial charge in [0.15, 0.2) is 10.9 Å². The summed E-state index contributed by atoms with van der Waals surface area (Å²) in [7, 11) is -3.80. The van der Waals surface area contributed by atoms with Crippen molar-refractivity contribution in [2.45, 2.75) is 11.8 Å². The summed E-state index contributed by atoms with van der Waals surface area (Å²) in [5, 5.41) is 20.0. The molecule has 0 aliphatic carbocycles. The lowest BCUT2D eigenvalue weighted by molar-refractivity contribution is -0.384.